The number of nitrogens with zero attached hydrogens (tertiary/aromatic N) is 3. The van der Waals surface area contributed by atoms with Crippen LogP contribution in [-0.2, 0) is 19.4 Å². The van der Waals surface area contributed by atoms with Crippen LogP contribution in [0.15, 0.2) is 30.3 Å². The van der Waals surface area contributed by atoms with Crippen LogP contribution in [0.4, 0.5) is 0 Å². The number of carbonyl (C=O) groups is 2. The molecule has 162 valence electrons. The van der Waals surface area contributed by atoms with Gasteiger partial charge in [0.05, 0.1) is 28.6 Å². The summed E-state index contributed by atoms with van der Waals surface area (Å²) in [6.07, 6.45) is -0.621. The van der Waals surface area contributed by atoms with Gasteiger partial charge in [0.1, 0.15) is 5.56 Å². The van der Waals surface area contributed by atoms with Crippen molar-refractivity contribution in [3.05, 3.63) is 47.3 Å². The summed E-state index contributed by atoms with van der Waals surface area (Å²) < 4.78 is 30.7. The van der Waals surface area contributed by atoms with Crippen LogP contribution >= 0.6 is 0 Å². The molecule has 1 aromatic carbocycles. The monoisotopic (exact) mass is 433 g/mol. The fourth-order valence-electron chi connectivity index (χ4n) is 3.88. The Labute approximate surface area is 176 Å². The third-order valence-corrected chi connectivity index (χ3v) is 7.15. The molecule has 1 aromatic heterocycles. The lowest BCUT2D eigenvalue weighted by Crippen LogP contribution is -2.46. The van der Waals surface area contributed by atoms with E-state index in [-0.39, 0.29) is 17.5 Å². The lowest BCUT2D eigenvalue weighted by atomic mass is 10.2. The molecule has 0 unspecified atom stereocenters. The predicted octanol–water partition coefficient (Wildman–Crippen LogP) is 2.07. The summed E-state index contributed by atoms with van der Waals surface area (Å²) in [6.45, 7) is 7.15. The van der Waals surface area contributed by atoms with E-state index in [9.17, 15) is 18.0 Å². The molecule has 0 spiro atoms. The maximum atomic E-state index is 12.9. The molecule has 1 aliphatic heterocycles. The molecule has 1 saturated heterocycles. The van der Waals surface area contributed by atoms with Gasteiger partial charge >= 0.3 is 5.97 Å². The Hall–Kier alpha value is -2.68. The van der Waals surface area contributed by atoms with Gasteiger partial charge in [-0.25, -0.2) is 17.9 Å². The molecule has 1 aliphatic rings. The number of aryl methyl sites for hydroxylation is 1. The number of amides is 1. The minimum Gasteiger partial charge on any atom is -0.449 e. The molecule has 0 radical (unpaired) electrons. The van der Waals surface area contributed by atoms with Gasteiger partial charge in [0.2, 0.25) is 0 Å². The first-order valence-corrected chi connectivity index (χ1v) is 11.8. The van der Waals surface area contributed by atoms with Crippen LogP contribution in [0.1, 0.15) is 42.0 Å². The predicted molar refractivity (Wildman–Crippen MR) is 112 cm³/mol. The standard InChI is InChI=1S/C21H27N3O5S/c1-5-23(18-11-12-30(27,28)13-18)20(25)16(4)29-21(26)19-14(2)22-24(15(19)3)17-9-7-6-8-10-17/h6-10,16,18H,5,11-13H2,1-4H3/t16-,18-/m1/s1. The van der Waals surface area contributed by atoms with Gasteiger partial charge in [-0.05, 0) is 46.2 Å². The topological polar surface area (TPSA) is 98.6 Å². The van der Waals surface area contributed by atoms with Crippen molar-refractivity contribution in [2.45, 2.75) is 46.3 Å². The first-order chi connectivity index (χ1) is 14.1. The number of aromatic nitrogens is 2. The quantitative estimate of drug-likeness (QED) is 0.647. The van der Waals surface area contributed by atoms with Crippen LogP contribution in [0.2, 0.25) is 0 Å². The van der Waals surface area contributed by atoms with Crippen molar-refractivity contribution >= 4 is 21.7 Å². The van der Waals surface area contributed by atoms with E-state index >= 15 is 0 Å². The van der Waals surface area contributed by atoms with Crippen molar-refractivity contribution in [1.82, 2.24) is 14.7 Å². The lowest BCUT2D eigenvalue weighted by molar-refractivity contribution is -0.141. The van der Waals surface area contributed by atoms with E-state index in [4.69, 9.17) is 4.74 Å². The van der Waals surface area contributed by atoms with E-state index in [2.05, 4.69) is 5.10 Å². The van der Waals surface area contributed by atoms with E-state index in [1.807, 2.05) is 30.3 Å². The van der Waals surface area contributed by atoms with Crippen LogP contribution in [0.3, 0.4) is 0 Å². The molecule has 9 heteroatoms. The summed E-state index contributed by atoms with van der Waals surface area (Å²) in [5, 5.41) is 4.44. The largest absolute Gasteiger partial charge is 0.449 e. The lowest BCUT2D eigenvalue weighted by Gasteiger charge is -2.29. The van der Waals surface area contributed by atoms with Gasteiger partial charge in [0.25, 0.3) is 5.91 Å². The third-order valence-electron chi connectivity index (χ3n) is 5.40. The highest BCUT2D eigenvalue weighted by molar-refractivity contribution is 7.91. The number of ether oxygens (including phenoxy) is 1. The fraction of sp³-hybridized carbons (Fsp3) is 0.476. The van der Waals surface area contributed by atoms with E-state index in [0.29, 0.717) is 29.9 Å². The highest BCUT2D eigenvalue weighted by Crippen LogP contribution is 2.21. The first kappa shape index (κ1) is 22.0. The molecular weight excluding hydrogens is 406 g/mol. The molecule has 0 bridgehead atoms. The molecule has 3 rings (SSSR count). The van der Waals surface area contributed by atoms with Crippen molar-refractivity contribution in [3.8, 4) is 5.69 Å². The molecule has 2 atom stereocenters. The SMILES string of the molecule is CCN(C(=O)[C@@H](C)OC(=O)c1c(C)nn(-c2ccccc2)c1C)[C@@H]1CCS(=O)(=O)C1. The number of hydrogen-bond donors (Lipinski definition) is 0. The van der Waals surface area contributed by atoms with Crippen LogP contribution in [0.5, 0.6) is 0 Å². The highest BCUT2D eigenvalue weighted by Gasteiger charge is 2.36. The second-order valence-electron chi connectivity index (χ2n) is 7.52. The number of carbonyl (C=O) groups excluding carboxylic acids is 2. The van der Waals surface area contributed by atoms with E-state index in [1.54, 1.807) is 25.5 Å². The molecule has 8 nitrogen and oxygen atoms in total. The molecule has 1 fully saturated rings. The minimum atomic E-state index is -3.12. The molecule has 0 saturated carbocycles. The summed E-state index contributed by atoms with van der Waals surface area (Å²) in [5.41, 5.74) is 2.28. The van der Waals surface area contributed by atoms with Crippen molar-refractivity contribution in [2.24, 2.45) is 0 Å². The normalized spacial score (nSPS) is 18.7. The van der Waals surface area contributed by atoms with Crippen molar-refractivity contribution in [1.29, 1.82) is 0 Å². The molecule has 30 heavy (non-hydrogen) atoms. The average Bonchev–Trinajstić information content (AvgIpc) is 3.21. The molecule has 2 aromatic rings. The number of rotatable bonds is 6. The summed E-state index contributed by atoms with van der Waals surface area (Å²) in [7, 11) is -3.12. The number of para-hydroxylation sites is 1. The maximum Gasteiger partial charge on any atom is 0.342 e. The Bertz CT molecular complexity index is 1050. The molecule has 0 aliphatic carbocycles. The number of likely N-dealkylation sites (N-methyl/N-ethyl adjacent to an activating group) is 1. The minimum absolute atomic E-state index is 0.0463. The number of benzene rings is 1. The van der Waals surface area contributed by atoms with Crippen molar-refractivity contribution in [2.75, 3.05) is 18.1 Å². The average molecular weight is 434 g/mol. The Kier molecular flexibility index (Phi) is 6.30. The first-order valence-electron chi connectivity index (χ1n) is 9.98. The second kappa shape index (κ2) is 8.59. The molecule has 2 heterocycles. The number of esters is 1. The zero-order chi connectivity index (χ0) is 22.1. The second-order valence-corrected chi connectivity index (χ2v) is 9.75. The Morgan fingerprint density at radius 2 is 1.93 bits per heavy atom. The maximum absolute atomic E-state index is 12.9. The smallest absolute Gasteiger partial charge is 0.342 e. The van der Waals surface area contributed by atoms with Gasteiger partial charge in [-0.3, -0.25) is 4.79 Å². The summed E-state index contributed by atoms with van der Waals surface area (Å²) in [4.78, 5) is 27.2. The third kappa shape index (κ3) is 4.40. The van der Waals surface area contributed by atoms with Crippen LogP contribution in [-0.4, -0.2) is 65.2 Å². The summed E-state index contributed by atoms with van der Waals surface area (Å²) in [6, 6.07) is 9.05. The van der Waals surface area contributed by atoms with Gasteiger partial charge in [-0.2, -0.15) is 5.10 Å². The molecular formula is C21H27N3O5S. The number of hydrogen-bond acceptors (Lipinski definition) is 6. The van der Waals surface area contributed by atoms with Crippen molar-refractivity contribution in [3.63, 3.8) is 0 Å². The molecule has 0 N–H and O–H groups in total. The van der Waals surface area contributed by atoms with Gasteiger partial charge in [-0.1, -0.05) is 18.2 Å². The van der Waals surface area contributed by atoms with Crippen molar-refractivity contribution < 1.29 is 22.7 Å². The zero-order valence-corrected chi connectivity index (χ0v) is 18.5. The Morgan fingerprint density at radius 3 is 2.50 bits per heavy atom. The van der Waals surface area contributed by atoms with Crippen LogP contribution in [0.25, 0.3) is 5.69 Å². The van der Waals surface area contributed by atoms with Gasteiger partial charge in [0.15, 0.2) is 15.9 Å². The highest BCUT2D eigenvalue weighted by atomic mass is 32.2. The summed E-state index contributed by atoms with van der Waals surface area (Å²) >= 11 is 0. The Morgan fingerprint density at radius 1 is 1.27 bits per heavy atom. The Balaban J connectivity index is 1.75. The van der Waals surface area contributed by atoms with Crippen LogP contribution in [0, 0.1) is 13.8 Å². The van der Waals surface area contributed by atoms with Gasteiger partial charge in [-0.15, -0.1) is 0 Å². The van der Waals surface area contributed by atoms with E-state index < -0.39 is 27.8 Å². The summed E-state index contributed by atoms with van der Waals surface area (Å²) in [5.74, 6) is -0.982. The van der Waals surface area contributed by atoms with Gasteiger partial charge in [0, 0.05) is 12.6 Å². The molecule has 1 amide bonds. The van der Waals surface area contributed by atoms with Crippen LogP contribution < -0.4 is 0 Å². The van der Waals surface area contributed by atoms with E-state index in [0.717, 1.165) is 5.69 Å². The number of sulfone groups is 1. The fourth-order valence-corrected chi connectivity index (χ4v) is 5.61. The van der Waals surface area contributed by atoms with E-state index in [1.165, 1.54) is 11.8 Å². The van der Waals surface area contributed by atoms with Gasteiger partial charge < -0.3 is 9.64 Å². The zero-order valence-electron chi connectivity index (χ0n) is 17.7.